The summed E-state index contributed by atoms with van der Waals surface area (Å²) in [5.41, 5.74) is 2.46. The van der Waals surface area contributed by atoms with E-state index in [0.29, 0.717) is 11.6 Å². The van der Waals surface area contributed by atoms with Gasteiger partial charge in [-0.2, -0.15) is 0 Å². The molecule has 1 aliphatic rings. The average molecular weight is 281 g/mol. The van der Waals surface area contributed by atoms with E-state index in [0.717, 1.165) is 12.1 Å². The Labute approximate surface area is 124 Å². The van der Waals surface area contributed by atoms with Crippen molar-refractivity contribution < 1.29 is 4.79 Å². The molecule has 0 unspecified atom stereocenters. The highest BCUT2D eigenvalue weighted by molar-refractivity contribution is 5.92. The van der Waals surface area contributed by atoms with Gasteiger partial charge < -0.3 is 5.32 Å². The summed E-state index contributed by atoms with van der Waals surface area (Å²) in [5.74, 6) is 0.461. The first-order valence-electron chi connectivity index (χ1n) is 7.36. The van der Waals surface area contributed by atoms with E-state index in [-0.39, 0.29) is 11.9 Å². The smallest absolute Gasteiger partial charge is 0.271 e. The maximum atomic E-state index is 12.3. The summed E-state index contributed by atoms with van der Waals surface area (Å²) in [6.45, 7) is 1.86. The molecule has 0 bridgehead atoms. The number of nitrogens with zero attached hydrogens (tertiary/aromatic N) is 2. The van der Waals surface area contributed by atoms with Crippen LogP contribution in [-0.2, 0) is 6.42 Å². The molecule has 1 aliphatic carbocycles. The first-order chi connectivity index (χ1) is 10.2. The molecular weight excluding hydrogens is 262 g/mol. The van der Waals surface area contributed by atoms with Gasteiger partial charge in [-0.25, -0.2) is 4.98 Å². The zero-order chi connectivity index (χ0) is 14.7. The van der Waals surface area contributed by atoms with Gasteiger partial charge in [0.15, 0.2) is 0 Å². The first-order valence-corrected chi connectivity index (χ1v) is 7.36. The molecular formula is C17H19N3O. The molecule has 1 atom stereocenters. The second-order valence-electron chi connectivity index (χ2n) is 5.65. The lowest BCUT2D eigenvalue weighted by molar-refractivity contribution is 0.0926. The van der Waals surface area contributed by atoms with Gasteiger partial charge in [-0.1, -0.05) is 30.3 Å². The van der Waals surface area contributed by atoms with Crippen molar-refractivity contribution in [1.82, 2.24) is 15.3 Å². The van der Waals surface area contributed by atoms with Crippen molar-refractivity contribution in [2.24, 2.45) is 5.92 Å². The van der Waals surface area contributed by atoms with Crippen LogP contribution in [0.2, 0.25) is 0 Å². The molecule has 1 amide bonds. The Morgan fingerprint density at radius 2 is 2.00 bits per heavy atom. The van der Waals surface area contributed by atoms with Gasteiger partial charge in [-0.3, -0.25) is 9.78 Å². The van der Waals surface area contributed by atoms with Crippen LogP contribution in [0.3, 0.4) is 0 Å². The molecule has 2 aromatic rings. The molecule has 0 radical (unpaired) electrons. The van der Waals surface area contributed by atoms with Crippen molar-refractivity contribution >= 4 is 5.91 Å². The van der Waals surface area contributed by atoms with Crippen LogP contribution in [0.25, 0.3) is 0 Å². The predicted octanol–water partition coefficient (Wildman–Crippen LogP) is 2.54. The summed E-state index contributed by atoms with van der Waals surface area (Å²) in [7, 11) is 0. The van der Waals surface area contributed by atoms with Crippen LogP contribution in [0.5, 0.6) is 0 Å². The molecule has 4 nitrogen and oxygen atoms in total. The molecule has 21 heavy (non-hydrogen) atoms. The normalized spacial score (nSPS) is 15.5. The lowest BCUT2D eigenvalue weighted by atomic mass is 10.0. The van der Waals surface area contributed by atoms with Crippen LogP contribution in [0, 0.1) is 12.8 Å². The van der Waals surface area contributed by atoms with Gasteiger partial charge >= 0.3 is 0 Å². The zero-order valence-corrected chi connectivity index (χ0v) is 12.1. The number of carbonyl (C=O) groups is 1. The number of carbonyl (C=O) groups excluding carboxylic acids is 1. The second kappa shape index (κ2) is 6.04. The Morgan fingerprint density at radius 3 is 2.62 bits per heavy atom. The fourth-order valence-electron chi connectivity index (χ4n) is 2.45. The number of hydrogen-bond donors (Lipinski definition) is 1. The van der Waals surface area contributed by atoms with Crippen LogP contribution in [0.15, 0.2) is 42.7 Å². The van der Waals surface area contributed by atoms with E-state index >= 15 is 0 Å². The quantitative estimate of drug-likeness (QED) is 0.916. The van der Waals surface area contributed by atoms with E-state index in [1.165, 1.54) is 24.6 Å². The van der Waals surface area contributed by atoms with E-state index < -0.39 is 0 Å². The Hall–Kier alpha value is -2.23. The molecule has 0 spiro atoms. The summed E-state index contributed by atoms with van der Waals surface area (Å²) in [6, 6.07) is 10.5. The van der Waals surface area contributed by atoms with Gasteiger partial charge in [0.1, 0.15) is 5.69 Å². The molecule has 0 aliphatic heterocycles. The number of benzene rings is 1. The number of rotatable bonds is 5. The van der Waals surface area contributed by atoms with Crippen LogP contribution < -0.4 is 5.32 Å². The molecule has 1 aromatic carbocycles. The van der Waals surface area contributed by atoms with Crippen LogP contribution in [0.4, 0.5) is 0 Å². The zero-order valence-electron chi connectivity index (χ0n) is 12.1. The third kappa shape index (κ3) is 3.66. The Bertz CT molecular complexity index is 606. The van der Waals surface area contributed by atoms with Gasteiger partial charge in [-0.05, 0) is 37.7 Å². The highest BCUT2D eigenvalue weighted by atomic mass is 16.1. The van der Waals surface area contributed by atoms with Gasteiger partial charge in [0.25, 0.3) is 5.91 Å². The van der Waals surface area contributed by atoms with Crippen molar-refractivity contribution in [3.63, 3.8) is 0 Å². The SMILES string of the molecule is Cc1cnc(C(=O)N[C@H](Cc2ccccc2)C2CC2)cn1. The highest BCUT2D eigenvalue weighted by Crippen LogP contribution is 2.34. The van der Waals surface area contributed by atoms with Crippen molar-refractivity contribution in [2.45, 2.75) is 32.2 Å². The maximum Gasteiger partial charge on any atom is 0.271 e. The van der Waals surface area contributed by atoms with Gasteiger partial charge in [0.05, 0.1) is 11.9 Å². The van der Waals surface area contributed by atoms with Crippen molar-refractivity contribution in [3.05, 3.63) is 59.7 Å². The van der Waals surface area contributed by atoms with Gasteiger partial charge in [0, 0.05) is 12.2 Å². The average Bonchev–Trinajstić information content (AvgIpc) is 3.33. The number of aryl methyl sites for hydroxylation is 1. The standard InChI is InChI=1S/C17H19N3O/c1-12-10-19-16(11-18-12)17(21)20-15(14-7-8-14)9-13-5-3-2-4-6-13/h2-6,10-11,14-15H,7-9H2,1H3,(H,20,21)/t15-/m1/s1. The fourth-order valence-corrected chi connectivity index (χ4v) is 2.45. The molecule has 0 saturated heterocycles. The summed E-state index contributed by atoms with van der Waals surface area (Å²) in [5, 5.41) is 3.12. The molecule has 1 N–H and O–H groups in total. The summed E-state index contributed by atoms with van der Waals surface area (Å²) in [6.07, 6.45) is 6.42. The minimum Gasteiger partial charge on any atom is -0.347 e. The van der Waals surface area contributed by atoms with Crippen LogP contribution >= 0.6 is 0 Å². The van der Waals surface area contributed by atoms with Crippen molar-refractivity contribution in [2.75, 3.05) is 0 Å². The summed E-state index contributed by atoms with van der Waals surface area (Å²) >= 11 is 0. The number of aromatic nitrogens is 2. The lowest BCUT2D eigenvalue weighted by Crippen LogP contribution is -2.38. The Morgan fingerprint density at radius 1 is 1.24 bits per heavy atom. The van der Waals surface area contributed by atoms with Crippen molar-refractivity contribution in [3.8, 4) is 0 Å². The molecule has 1 fully saturated rings. The highest BCUT2D eigenvalue weighted by Gasteiger charge is 2.32. The topological polar surface area (TPSA) is 54.9 Å². The lowest BCUT2D eigenvalue weighted by Gasteiger charge is -2.18. The summed E-state index contributed by atoms with van der Waals surface area (Å²) in [4.78, 5) is 20.5. The Balaban J connectivity index is 1.67. The van der Waals surface area contributed by atoms with E-state index in [9.17, 15) is 4.79 Å². The number of nitrogens with one attached hydrogen (secondary N) is 1. The van der Waals surface area contributed by atoms with Crippen molar-refractivity contribution in [1.29, 1.82) is 0 Å². The monoisotopic (exact) mass is 281 g/mol. The predicted molar refractivity (Wildman–Crippen MR) is 80.9 cm³/mol. The maximum absolute atomic E-state index is 12.3. The fraction of sp³-hybridized carbons (Fsp3) is 0.353. The third-order valence-electron chi connectivity index (χ3n) is 3.82. The number of amides is 1. The van der Waals surface area contributed by atoms with Crippen LogP contribution in [-0.4, -0.2) is 21.9 Å². The molecule has 1 heterocycles. The molecule has 1 saturated carbocycles. The second-order valence-corrected chi connectivity index (χ2v) is 5.65. The van der Waals surface area contributed by atoms with E-state index in [1.807, 2.05) is 25.1 Å². The van der Waals surface area contributed by atoms with Crippen LogP contribution in [0.1, 0.15) is 34.6 Å². The third-order valence-corrected chi connectivity index (χ3v) is 3.82. The van der Waals surface area contributed by atoms with Gasteiger partial charge in [-0.15, -0.1) is 0 Å². The largest absolute Gasteiger partial charge is 0.347 e. The minimum atomic E-state index is -0.129. The Kier molecular flexibility index (Phi) is 3.95. The van der Waals surface area contributed by atoms with E-state index in [4.69, 9.17) is 0 Å². The van der Waals surface area contributed by atoms with E-state index in [2.05, 4.69) is 27.4 Å². The molecule has 4 heteroatoms. The van der Waals surface area contributed by atoms with E-state index in [1.54, 1.807) is 6.20 Å². The molecule has 108 valence electrons. The first kappa shape index (κ1) is 13.7. The summed E-state index contributed by atoms with van der Waals surface area (Å²) < 4.78 is 0. The molecule has 3 rings (SSSR count). The molecule has 1 aromatic heterocycles. The minimum absolute atomic E-state index is 0.129. The number of hydrogen-bond acceptors (Lipinski definition) is 3. The van der Waals surface area contributed by atoms with Gasteiger partial charge in [0.2, 0.25) is 0 Å².